The zero-order valence-corrected chi connectivity index (χ0v) is 16.2. The van der Waals surface area contributed by atoms with E-state index in [4.69, 9.17) is 26.9 Å². The predicted molar refractivity (Wildman–Crippen MR) is 109 cm³/mol. The molecular formula is C20H19ClN4O3. The van der Waals surface area contributed by atoms with Gasteiger partial charge >= 0.3 is 0 Å². The van der Waals surface area contributed by atoms with Crippen LogP contribution in [0.4, 0.5) is 0 Å². The molecule has 0 amide bonds. The van der Waals surface area contributed by atoms with Crippen molar-refractivity contribution < 1.29 is 9.47 Å². The zero-order valence-electron chi connectivity index (χ0n) is 15.4. The molecule has 0 saturated carbocycles. The molecule has 28 heavy (non-hydrogen) atoms. The van der Waals surface area contributed by atoms with Gasteiger partial charge in [0, 0.05) is 0 Å². The van der Waals surface area contributed by atoms with Crippen LogP contribution in [0.2, 0.25) is 5.02 Å². The minimum atomic E-state index is -0.479. The number of hydrogen-bond acceptors (Lipinski definition) is 6. The van der Waals surface area contributed by atoms with Gasteiger partial charge in [-0.15, -0.1) is 0 Å². The summed E-state index contributed by atoms with van der Waals surface area (Å²) in [5.41, 5.74) is 1.96. The van der Waals surface area contributed by atoms with Gasteiger partial charge in [0.2, 0.25) is 0 Å². The first-order valence-electron chi connectivity index (χ1n) is 8.56. The molecule has 2 N–H and O–H groups in total. The molecule has 7 nitrogen and oxygen atoms in total. The first-order valence-corrected chi connectivity index (χ1v) is 8.94. The molecule has 0 radical (unpaired) electrons. The van der Waals surface area contributed by atoms with Crippen molar-refractivity contribution in [2.75, 3.05) is 6.61 Å². The summed E-state index contributed by atoms with van der Waals surface area (Å²) in [6, 6.07) is 12.5. The van der Waals surface area contributed by atoms with Gasteiger partial charge < -0.3 is 15.3 Å². The summed E-state index contributed by atoms with van der Waals surface area (Å²) in [5, 5.41) is 7.59. The van der Waals surface area contributed by atoms with E-state index >= 15 is 0 Å². The third-order valence-corrected chi connectivity index (χ3v) is 4.22. The molecule has 0 fully saturated rings. The summed E-state index contributed by atoms with van der Waals surface area (Å²) in [7, 11) is 0. The number of benzene rings is 2. The Kier molecular flexibility index (Phi) is 5.96. The summed E-state index contributed by atoms with van der Waals surface area (Å²) in [6.45, 7) is 4.25. The number of hydrogen-bond donors (Lipinski definition) is 1. The maximum atomic E-state index is 12.6. The zero-order chi connectivity index (χ0) is 20.1. The van der Waals surface area contributed by atoms with E-state index in [1.54, 1.807) is 30.3 Å². The largest absolute Gasteiger partial charge is 0.490 e. The van der Waals surface area contributed by atoms with Crippen LogP contribution in [-0.4, -0.2) is 22.6 Å². The van der Waals surface area contributed by atoms with Gasteiger partial charge in [0.1, 0.15) is 0 Å². The first kappa shape index (κ1) is 19.4. The Morgan fingerprint density at radius 3 is 2.61 bits per heavy atom. The number of nitrogens with two attached hydrogens (primary N) is 1. The van der Waals surface area contributed by atoms with E-state index in [1.807, 2.05) is 26.0 Å². The van der Waals surface area contributed by atoms with Crippen molar-refractivity contribution in [1.29, 1.82) is 0 Å². The standard InChI is InChI=1S/C20H19ClN4O3/c1-3-27-17-10-14(11-23-22)6-9-16(17)28-18-12-24-25(20(26)19(18)21)15-7-4-13(2)5-8-15/h4-12H,3,22H2,1-2H3. The monoisotopic (exact) mass is 398 g/mol. The Labute approximate surface area is 167 Å². The van der Waals surface area contributed by atoms with E-state index in [2.05, 4.69) is 10.2 Å². The maximum absolute atomic E-state index is 12.6. The molecule has 0 aliphatic heterocycles. The van der Waals surface area contributed by atoms with Gasteiger partial charge in [0.15, 0.2) is 22.3 Å². The molecular weight excluding hydrogens is 380 g/mol. The Hall–Kier alpha value is -3.32. The van der Waals surface area contributed by atoms with E-state index < -0.39 is 5.56 Å². The normalized spacial score (nSPS) is 11.0. The second kappa shape index (κ2) is 8.58. The van der Waals surface area contributed by atoms with E-state index in [9.17, 15) is 4.79 Å². The number of hydrazone groups is 1. The van der Waals surface area contributed by atoms with Crippen molar-refractivity contribution in [3.05, 3.63) is 75.2 Å². The van der Waals surface area contributed by atoms with Crippen molar-refractivity contribution in [1.82, 2.24) is 9.78 Å². The smallest absolute Gasteiger partial charge is 0.294 e. The van der Waals surface area contributed by atoms with Crippen molar-refractivity contribution in [3.63, 3.8) is 0 Å². The fourth-order valence-corrected chi connectivity index (χ4v) is 2.69. The lowest BCUT2D eigenvalue weighted by atomic mass is 10.2. The molecule has 8 heteroatoms. The molecule has 144 valence electrons. The Bertz CT molecular complexity index is 1060. The Balaban J connectivity index is 1.96. The van der Waals surface area contributed by atoms with E-state index in [1.165, 1.54) is 17.1 Å². The second-order valence-electron chi connectivity index (χ2n) is 5.89. The number of nitrogens with zero attached hydrogens (tertiary/aromatic N) is 3. The summed E-state index contributed by atoms with van der Waals surface area (Å²) in [5.74, 6) is 6.19. The summed E-state index contributed by atoms with van der Waals surface area (Å²) in [6.07, 6.45) is 2.89. The van der Waals surface area contributed by atoms with Crippen LogP contribution in [0.1, 0.15) is 18.1 Å². The topological polar surface area (TPSA) is 91.7 Å². The van der Waals surface area contributed by atoms with Crippen molar-refractivity contribution in [2.24, 2.45) is 10.9 Å². The van der Waals surface area contributed by atoms with Gasteiger partial charge in [0.05, 0.1) is 24.7 Å². The molecule has 0 spiro atoms. The average molecular weight is 399 g/mol. The van der Waals surface area contributed by atoms with Crippen LogP contribution >= 0.6 is 11.6 Å². The van der Waals surface area contributed by atoms with Crippen molar-refractivity contribution in [3.8, 4) is 22.9 Å². The number of halogens is 1. The van der Waals surface area contributed by atoms with Crippen LogP contribution in [0.25, 0.3) is 5.69 Å². The highest BCUT2D eigenvalue weighted by molar-refractivity contribution is 6.31. The highest BCUT2D eigenvalue weighted by atomic mass is 35.5. The SMILES string of the molecule is CCOc1cc(C=NN)ccc1Oc1cnn(-c2ccc(C)cc2)c(=O)c1Cl. The molecule has 0 saturated heterocycles. The van der Waals surface area contributed by atoms with Crippen LogP contribution in [0.5, 0.6) is 17.2 Å². The third kappa shape index (κ3) is 4.15. The maximum Gasteiger partial charge on any atom is 0.294 e. The fourth-order valence-electron chi connectivity index (χ4n) is 2.52. The predicted octanol–water partition coefficient (Wildman–Crippen LogP) is 3.68. The molecule has 1 aromatic heterocycles. The van der Waals surface area contributed by atoms with Crippen LogP contribution in [0, 0.1) is 6.92 Å². The molecule has 0 unspecified atom stereocenters. The molecule has 2 aromatic carbocycles. The van der Waals surface area contributed by atoms with Gasteiger partial charge in [-0.2, -0.15) is 14.9 Å². The van der Waals surface area contributed by atoms with Gasteiger partial charge in [0.25, 0.3) is 5.56 Å². The van der Waals surface area contributed by atoms with Gasteiger partial charge in [-0.25, -0.2) is 0 Å². The molecule has 3 aromatic rings. The fraction of sp³-hybridized carbons (Fsp3) is 0.150. The highest BCUT2D eigenvalue weighted by Gasteiger charge is 2.15. The highest BCUT2D eigenvalue weighted by Crippen LogP contribution is 2.34. The molecule has 1 heterocycles. The van der Waals surface area contributed by atoms with Gasteiger partial charge in [-0.3, -0.25) is 4.79 Å². The third-order valence-electron chi connectivity index (χ3n) is 3.88. The van der Waals surface area contributed by atoms with Gasteiger partial charge in [-0.1, -0.05) is 29.3 Å². The van der Waals surface area contributed by atoms with E-state index in [-0.39, 0.29) is 10.8 Å². The molecule has 3 rings (SSSR count). The Morgan fingerprint density at radius 1 is 1.18 bits per heavy atom. The molecule has 0 aliphatic carbocycles. The number of aromatic nitrogens is 2. The quantitative estimate of drug-likeness (QED) is 0.388. The average Bonchev–Trinajstić information content (AvgIpc) is 2.69. The van der Waals surface area contributed by atoms with Crippen LogP contribution in [0.15, 0.2) is 58.6 Å². The molecule has 0 aliphatic rings. The van der Waals surface area contributed by atoms with Gasteiger partial charge in [-0.05, 0) is 49.7 Å². The minimum absolute atomic E-state index is 0.0781. The number of aryl methyl sites for hydroxylation is 1. The van der Waals surface area contributed by atoms with Crippen LogP contribution < -0.4 is 20.9 Å². The molecule has 0 atom stereocenters. The lowest BCUT2D eigenvalue weighted by Crippen LogP contribution is -2.21. The summed E-state index contributed by atoms with van der Waals surface area (Å²) < 4.78 is 12.6. The summed E-state index contributed by atoms with van der Waals surface area (Å²) in [4.78, 5) is 12.6. The van der Waals surface area contributed by atoms with Crippen molar-refractivity contribution in [2.45, 2.75) is 13.8 Å². The number of rotatable bonds is 6. The lowest BCUT2D eigenvalue weighted by molar-refractivity contribution is 0.321. The lowest BCUT2D eigenvalue weighted by Gasteiger charge is -2.13. The first-order chi connectivity index (χ1) is 13.5. The van der Waals surface area contributed by atoms with E-state index in [0.29, 0.717) is 23.8 Å². The van der Waals surface area contributed by atoms with Crippen molar-refractivity contribution >= 4 is 17.8 Å². The van der Waals surface area contributed by atoms with Crippen LogP contribution in [-0.2, 0) is 0 Å². The summed E-state index contributed by atoms with van der Waals surface area (Å²) >= 11 is 6.26. The Morgan fingerprint density at radius 2 is 1.93 bits per heavy atom. The minimum Gasteiger partial charge on any atom is -0.490 e. The van der Waals surface area contributed by atoms with E-state index in [0.717, 1.165) is 11.1 Å². The number of ether oxygens (including phenoxy) is 2. The van der Waals surface area contributed by atoms with Crippen LogP contribution in [0.3, 0.4) is 0 Å². The molecule has 0 bridgehead atoms. The second-order valence-corrected chi connectivity index (χ2v) is 6.27.